The number of nitriles is 1. The molecular weight excluding hydrogens is 519 g/mol. The molecule has 1 saturated heterocycles. The number of pyridine rings is 1. The molecule has 1 aromatic carbocycles. The zero-order valence-electron chi connectivity index (χ0n) is 21.4. The van der Waals surface area contributed by atoms with Gasteiger partial charge >= 0.3 is 0 Å². The first-order valence-electron chi connectivity index (χ1n) is 12.6. The highest BCUT2D eigenvalue weighted by Gasteiger charge is 2.17. The minimum Gasteiger partial charge on any atom is -0.455 e. The second-order valence-electron chi connectivity index (χ2n) is 8.85. The summed E-state index contributed by atoms with van der Waals surface area (Å²) in [7, 11) is 0. The quantitative estimate of drug-likeness (QED) is 0.296. The molecule has 1 aromatic heterocycles. The molecule has 2 aromatic rings. The number of hydrogen-bond donors (Lipinski definition) is 3. The lowest BCUT2D eigenvalue weighted by atomic mass is 10.1. The molecule has 1 amide bonds. The molecule has 0 spiro atoms. The number of rotatable bonds is 8. The maximum atomic E-state index is 13.6. The van der Waals surface area contributed by atoms with Gasteiger partial charge < -0.3 is 20.7 Å². The molecule has 0 radical (unpaired) electrons. The molecule has 4 rings (SSSR count). The predicted molar refractivity (Wildman–Crippen MR) is 149 cm³/mol. The Hall–Kier alpha value is -4.26. The number of ether oxygens (including phenoxy) is 1. The number of allylic oxidation sites excluding steroid dienone is 3. The van der Waals surface area contributed by atoms with Crippen molar-refractivity contribution in [1.29, 1.82) is 5.26 Å². The van der Waals surface area contributed by atoms with Gasteiger partial charge in [0, 0.05) is 48.6 Å². The summed E-state index contributed by atoms with van der Waals surface area (Å²) in [5.74, 6) is 0.210. The van der Waals surface area contributed by atoms with E-state index in [0.29, 0.717) is 46.3 Å². The highest BCUT2D eigenvalue weighted by molar-refractivity contribution is 6.31. The maximum absolute atomic E-state index is 13.6. The predicted octanol–water partition coefficient (Wildman–Crippen LogP) is 5.55. The minimum atomic E-state index is -0.532. The van der Waals surface area contributed by atoms with E-state index in [1.807, 2.05) is 6.92 Å². The van der Waals surface area contributed by atoms with Crippen LogP contribution in [0.1, 0.15) is 32.6 Å². The summed E-state index contributed by atoms with van der Waals surface area (Å²) < 4.78 is 19.8. The molecule has 0 aliphatic carbocycles. The number of carbonyl (C=O) groups excluding carboxylic acids is 1. The van der Waals surface area contributed by atoms with E-state index in [4.69, 9.17) is 16.3 Å². The van der Waals surface area contributed by atoms with Crippen molar-refractivity contribution in [2.45, 2.75) is 32.6 Å². The monoisotopic (exact) mass is 546 g/mol. The first-order chi connectivity index (χ1) is 18.9. The molecule has 3 heterocycles. The number of halogens is 2. The van der Waals surface area contributed by atoms with Crippen LogP contribution in [-0.4, -0.2) is 30.2 Å². The normalized spacial score (nSPS) is 16.9. The number of nitrogens with zero attached hydrogens (tertiary/aromatic N) is 3. The van der Waals surface area contributed by atoms with Crippen LogP contribution in [0.4, 0.5) is 10.1 Å². The molecule has 0 atom stereocenters. The summed E-state index contributed by atoms with van der Waals surface area (Å²) in [4.78, 5) is 21.3. The summed E-state index contributed by atoms with van der Waals surface area (Å²) in [6.07, 6.45) is 10.5. The van der Waals surface area contributed by atoms with Gasteiger partial charge in [0.2, 0.25) is 5.91 Å². The number of aromatic nitrogens is 1. The largest absolute Gasteiger partial charge is 0.455 e. The molecule has 39 heavy (non-hydrogen) atoms. The summed E-state index contributed by atoms with van der Waals surface area (Å²) >= 11 is 5.93. The molecule has 0 unspecified atom stereocenters. The van der Waals surface area contributed by atoms with Crippen molar-refractivity contribution in [2.75, 3.05) is 18.4 Å². The number of benzene rings is 1. The van der Waals surface area contributed by atoms with E-state index >= 15 is 0 Å². The highest BCUT2D eigenvalue weighted by Crippen LogP contribution is 2.27. The van der Waals surface area contributed by atoms with E-state index in [0.717, 1.165) is 31.5 Å². The van der Waals surface area contributed by atoms with E-state index in [-0.39, 0.29) is 17.4 Å². The zero-order chi connectivity index (χ0) is 27.6. The van der Waals surface area contributed by atoms with Crippen LogP contribution in [0.25, 0.3) is 0 Å². The van der Waals surface area contributed by atoms with E-state index in [1.54, 1.807) is 36.7 Å². The Labute approximate surface area is 231 Å². The number of nitrogens with one attached hydrogen (secondary N) is 3. The van der Waals surface area contributed by atoms with Crippen molar-refractivity contribution in [2.24, 2.45) is 4.99 Å². The Bertz CT molecular complexity index is 1410. The summed E-state index contributed by atoms with van der Waals surface area (Å²) in [5.41, 5.74) is 3.72. The van der Waals surface area contributed by atoms with E-state index in [2.05, 4.69) is 32.0 Å². The number of amides is 1. The van der Waals surface area contributed by atoms with Gasteiger partial charge in [-0.05, 0) is 62.7 Å². The molecular formula is C29H28ClFN6O2. The molecule has 3 N–H and O–H groups in total. The van der Waals surface area contributed by atoms with Crippen LogP contribution in [0.15, 0.2) is 93.9 Å². The number of aliphatic imine (C=N–C) groups is 1. The Kier molecular flexibility index (Phi) is 9.62. The number of piperidine rings is 1. The minimum absolute atomic E-state index is 0.0295. The van der Waals surface area contributed by atoms with Crippen LogP contribution in [0.5, 0.6) is 5.75 Å². The summed E-state index contributed by atoms with van der Waals surface area (Å²) in [5, 5.41) is 19.0. The summed E-state index contributed by atoms with van der Waals surface area (Å²) in [6, 6.07) is 9.81. The average Bonchev–Trinajstić information content (AvgIpc) is 2.95. The van der Waals surface area contributed by atoms with Crippen molar-refractivity contribution < 1.29 is 13.9 Å². The van der Waals surface area contributed by atoms with Crippen molar-refractivity contribution in [3.63, 3.8) is 0 Å². The van der Waals surface area contributed by atoms with E-state index < -0.39 is 5.82 Å². The molecule has 8 nitrogen and oxygen atoms in total. The van der Waals surface area contributed by atoms with Crippen molar-refractivity contribution in [3.05, 3.63) is 99.7 Å². The Balaban J connectivity index is 1.63. The van der Waals surface area contributed by atoms with Gasteiger partial charge in [0.15, 0.2) is 0 Å². The highest BCUT2D eigenvalue weighted by atomic mass is 35.5. The topological polar surface area (TPSA) is 111 Å². The van der Waals surface area contributed by atoms with Crippen LogP contribution in [0.3, 0.4) is 0 Å². The van der Waals surface area contributed by atoms with Gasteiger partial charge in [-0.2, -0.15) is 5.26 Å². The van der Waals surface area contributed by atoms with Crippen LogP contribution in [0, 0.1) is 17.1 Å². The summed E-state index contributed by atoms with van der Waals surface area (Å²) in [6.45, 7) is 3.63. The molecule has 200 valence electrons. The molecule has 2 aliphatic heterocycles. The lowest BCUT2D eigenvalue weighted by Gasteiger charge is -2.18. The fourth-order valence-corrected chi connectivity index (χ4v) is 4.22. The molecule has 0 saturated carbocycles. The third kappa shape index (κ3) is 7.87. The standard InChI is InChI=1S/C29H28ClFN6O2/c1-2-26(37-29(38)13-19-5-9-33-10-6-19)28(39-23-7-11-34-12-8-23)16-22-15-27(20(17-32)18-35-22)36-21-3-4-25(31)24(30)14-21/h3-4,7-8,11-14,16,18,33,36H,2,5-6,9-10,15H2,1H3,(H,37,38)/b22-16+,28-26-. The van der Waals surface area contributed by atoms with Gasteiger partial charge in [-0.1, -0.05) is 24.1 Å². The van der Waals surface area contributed by atoms with Gasteiger partial charge in [0.25, 0.3) is 0 Å². The molecule has 1 fully saturated rings. The van der Waals surface area contributed by atoms with Gasteiger partial charge in [-0.15, -0.1) is 0 Å². The lowest BCUT2D eigenvalue weighted by molar-refractivity contribution is -0.116. The number of hydrogen-bond acceptors (Lipinski definition) is 7. The number of anilines is 1. The first-order valence-corrected chi connectivity index (χ1v) is 12.9. The SMILES string of the molecule is CC/C(NC(=O)C=C1CCNCC1)=C(\C=C1/CC(Nc2ccc(F)c(Cl)c2)=C(C#N)C=N1)Oc1ccncc1. The average molecular weight is 547 g/mol. The molecule has 10 heteroatoms. The van der Waals surface area contributed by atoms with Gasteiger partial charge in [0.05, 0.1) is 22.0 Å². The van der Waals surface area contributed by atoms with Crippen molar-refractivity contribution >= 4 is 29.4 Å². The fourth-order valence-electron chi connectivity index (χ4n) is 4.04. The maximum Gasteiger partial charge on any atom is 0.248 e. The van der Waals surface area contributed by atoms with Crippen LogP contribution < -0.4 is 20.7 Å². The third-order valence-electron chi connectivity index (χ3n) is 6.06. The van der Waals surface area contributed by atoms with Gasteiger partial charge in [-0.25, -0.2) is 4.39 Å². The fraction of sp³-hybridized carbons (Fsp3) is 0.241. The zero-order valence-corrected chi connectivity index (χ0v) is 22.2. The van der Waals surface area contributed by atoms with Crippen molar-refractivity contribution in [1.82, 2.24) is 15.6 Å². The first kappa shape index (κ1) is 27.8. The van der Waals surface area contributed by atoms with Crippen LogP contribution >= 0.6 is 11.6 Å². The second kappa shape index (κ2) is 13.5. The molecule has 0 bridgehead atoms. The van der Waals surface area contributed by atoms with Crippen LogP contribution in [0.2, 0.25) is 5.02 Å². The second-order valence-corrected chi connectivity index (χ2v) is 9.26. The smallest absolute Gasteiger partial charge is 0.248 e. The van der Waals surface area contributed by atoms with E-state index in [1.165, 1.54) is 24.4 Å². The Morgan fingerprint density at radius 2 is 2.00 bits per heavy atom. The number of carbonyl (C=O) groups is 1. The molecule has 2 aliphatic rings. The Morgan fingerprint density at radius 1 is 1.23 bits per heavy atom. The third-order valence-corrected chi connectivity index (χ3v) is 6.35. The van der Waals surface area contributed by atoms with E-state index in [9.17, 15) is 14.4 Å². The Morgan fingerprint density at radius 3 is 2.69 bits per heavy atom. The van der Waals surface area contributed by atoms with Crippen LogP contribution in [-0.2, 0) is 4.79 Å². The van der Waals surface area contributed by atoms with Gasteiger partial charge in [-0.3, -0.25) is 14.8 Å². The van der Waals surface area contributed by atoms with Gasteiger partial charge in [0.1, 0.15) is 23.4 Å². The number of dihydropyridines is 1. The lowest BCUT2D eigenvalue weighted by Crippen LogP contribution is -2.26. The van der Waals surface area contributed by atoms with Crippen molar-refractivity contribution in [3.8, 4) is 11.8 Å².